The number of Topliss-reactive ketones (excluding diaryl/α,β-unsaturated/α-hetero) is 1. The van der Waals surface area contributed by atoms with Crippen molar-refractivity contribution < 1.29 is 14.5 Å². The first-order chi connectivity index (χ1) is 8.54. The molecule has 6 heteroatoms. The first-order valence-electron chi connectivity index (χ1n) is 5.64. The van der Waals surface area contributed by atoms with Gasteiger partial charge in [0.2, 0.25) is 5.91 Å². The van der Waals surface area contributed by atoms with Crippen LogP contribution < -0.4 is 5.32 Å². The molecule has 0 saturated heterocycles. The molecule has 1 N–H and O–H groups in total. The molecular weight excluding hydrogens is 236 g/mol. The van der Waals surface area contributed by atoms with Crippen molar-refractivity contribution in [3.63, 3.8) is 0 Å². The van der Waals surface area contributed by atoms with Gasteiger partial charge in [0, 0.05) is 18.9 Å². The predicted molar refractivity (Wildman–Crippen MR) is 64.4 cm³/mol. The normalized spacial score (nSPS) is 17.2. The van der Waals surface area contributed by atoms with Crippen LogP contribution in [0.4, 0.5) is 11.4 Å². The van der Waals surface area contributed by atoms with Crippen LogP contribution in [0, 0.1) is 10.1 Å². The van der Waals surface area contributed by atoms with Crippen molar-refractivity contribution in [3.8, 4) is 0 Å². The molecule has 1 aromatic carbocycles. The summed E-state index contributed by atoms with van der Waals surface area (Å²) in [4.78, 5) is 33.7. The number of hydrogen-bond acceptors (Lipinski definition) is 4. The summed E-state index contributed by atoms with van der Waals surface area (Å²) in [6.45, 7) is 1.70. The third-order valence-corrected chi connectivity index (χ3v) is 3.03. The molecule has 0 aliphatic carbocycles. The van der Waals surface area contributed by atoms with Crippen LogP contribution in [0.25, 0.3) is 0 Å². The van der Waals surface area contributed by atoms with Crippen LogP contribution in [0.3, 0.4) is 0 Å². The molecule has 0 radical (unpaired) electrons. The van der Waals surface area contributed by atoms with E-state index in [1.165, 1.54) is 12.1 Å². The summed E-state index contributed by atoms with van der Waals surface area (Å²) >= 11 is 0. The Bertz CT molecular complexity index is 539. The number of nitrogens with one attached hydrogen (secondary N) is 1. The zero-order valence-corrected chi connectivity index (χ0v) is 9.80. The fourth-order valence-corrected chi connectivity index (χ4v) is 2.11. The monoisotopic (exact) mass is 248 g/mol. The quantitative estimate of drug-likeness (QED) is 0.651. The Morgan fingerprint density at radius 2 is 2.22 bits per heavy atom. The van der Waals surface area contributed by atoms with E-state index < -0.39 is 10.8 Å². The van der Waals surface area contributed by atoms with Crippen LogP contribution in [0.15, 0.2) is 18.2 Å². The summed E-state index contributed by atoms with van der Waals surface area (Å²) in [5.41, 5.74) is 0.650. The van der Waals surface area contributed by atoms with E-state index in [1.54, 1.807) is 13.0 Å². The van der Waals surface area contributed by atoms with E-state index >= 15 is 0 Å². The van der Waals surface area contributed by atoms with Crippen molar-refractivity contribution in [2.24, 2.45) is 0 Å². The van der Waals surface area contributed by atoms with E-state index in [1.807, 2.05) is 0 Å². The van der Waals surface area contributed by atoms with Gasteiger partial charge in [-0.25, -0.2) is 0 Å². The largest absolute Gasteiger partial charge is 0.325 e. The van der Waals surface area contributed by atoms with Crippen LogP contribution in [-0.2, 0) is 9.59 Å². The molecule has 0 saturated carbocycles. The average molecular weight is 248 g/mol. The van der Waals surface area contributed by atoms with Gasteiger partial charge in [0.05, 0.1) is 22.1 Å². The Balaban J connectivity index is 2.45. The fourth-order valence-electron chi connectivity index (χ4n) is 2.11. The van der Waals surface area contributed by atoms with Crippen LogP contribution in [0.1, 0.15) is 31.2 Å². The number of anilines is 1. The number of carbonyl (C=O) groups excluding carboxylic acids is 2. The summed E-state index contributed by atoms with van der Waals surface area (Å²) in [6.07, 6.45) is 0.333. The lowest BCUT2D eigenvalue weighted by atomic mass is 9.93. The third kappa shape index (κ3) is 1.97. The number of rotatable bonds is 4. The number of ketones is 1. The molecule has 1 unspecified atom stereocenters. The molecule has 1 aromatic rings. The lowest BCUT2D eigenvalue weighted by Gasteiger charge is -2.07. The van der Waals surface area contributed by atoms with E-state index in [4.69, 9.17) is 0 Å². The standard InChI is InChI=1S/C12H12N2O4/c1-2-7(15)6-8-11-9(13-12(8)16)4-3-5-10(11)14(17)18/h3-5,8H,2,6H2,1H3,(H,13,16). The second-order valence-electron chi connectivity index (χ2n) is 4.13. The van der Waals surface area contributed by atoms with Gasteiger partial charge in [-0.15, -0.1) is 0 Å². The van der Waals surface area contributed by atoms with E-state index in [0.29, 0.717) is 17.7 Å². The summed E-state index contributed by atoms with van der Waals surface area (Å²) < 4.78 is 0. The second kappa shape index (κ2) is 4.56. The van der Waals surface area contributed by atoms with E-state index in [0.717, 1.165) is 0 Å². The molecule has 6 nitrogen and oxygen atoms in total. The van der Waals surface area contributed by atoms with Gasteiger partial charge in [-0.2, -0.15) is 0 Å². The van der Waals surface area contributed by atoms with Crippen LogP contribution in [0.2, 0.25) is 0 Å². The van der Waals surface area contributed by atoms with Gasteiger partial charge < -0.3 is 5.32 Å². The van der Waals surface area contributed by atoms with E-state index in [2.05, 4.69) is 5.32 Å². The second-order valence-corrected chi connectivity index (χ2v) is 4.13. The zero-order valence-electron chi connectivity index (χ0n) is 9.80. The summed E-state index contributed by atoms with van der Waals surface area (Å²) in [5, 5.41) is 13.5. The Morgan fingerprint density at radius 3 is 2.83 bits per heavy atom. The number of carbonyl (C=O) groups is 2. The molecule has 1 aliphatic rings. The molecule has 18 heavy (non-hydrogen) atoms. The minimum absolute atomic E-state index is 0.0141. The van der Waals surface area contributed by atoms with Crippen molar-refractivity contribution in [2.45, 2.75) is 25.7 Å². The van der Waals surface area contributed by atoms with Gasteiger partial charge in [0.15, 0.2) is 0 Å². The Kier molecular flexibility index (Phi) is 3.10. The highest BCUT2D eigenvalue weighted by Gasteiger charge is 2.37. The maximum atomic E-state index is 11.8. The van der Waals surface area contributed by atoms with Gasteiger partial charge in [-0.1, -0.05) is 13.0 Å². The first-order valence-corrected chi connectivity index (χ1v) is 5.64. The number of nitro benzene ring substituents is 1. The van der Waals surface area contributed by atoms with Crippen molar-refractivity contribution in [1.82, 2.24) is 0 Å². The minimum Gasteiger partial charge on any atom is -0.325 e. The van der Waals surface area contributed by atoms with Crippen LogP contribution in [-0.4, -0.2) is 16.6 Å². The van der Waals surface area contributed by atoms with Crippen molar-refractivity contribution in [2.75, 3.05) is 5.32 Å². The molecule has 0 spiro atoms. The van der Waals surface area contributed by atoms with Crippen molar-refractivity contribution in [1.29, 1.82) is 0 Å². The van der Waals surface area contributed by atoms with E-state index in [-0.39, 0.29) is 23.8 Å². The van der Waals surface area contributed by atoms with Crippen molar-refractivity contribution in [3.05, 3.63) is 33.9 Å². The highest BCUT2D eigenvalue weighted by molar-refractivity contribution is 6.06. The highest BCUT2D eigenvalue weighted by atomic mass is 16.6. The van der Waals surface area contributed by atoms with Gasteiger partial charge >= 0.3 is 0 Å². The zero-order chi connectivity index (χ0) is 13.3. The number of nitrogens with zero attached hydrogens (tertiary/aromatic N) is 1. The summed E-state index contributed by atoms with van der Waals surface area (Å²) in [6, 6.07) is 4.47. The fraction of sp³-hybridized carbons (Fsp3) is 0.333. The third-order valence-electron chi connectivity index (χ3n) is 3.03. The van der Waals surface area contributed by atoms with Gasteiger partial charge in [-0.05, 0) is 6.07 Å². The average Bonchev–Trinajstić information content (AvgIpc) is 2.65. The molecule has 94 valence electrons. The number of fused-ring (bicyclic) bond motifs is 1. The van der Waals surface area contributed by atoms with Crippen LogP contribution >= 0.6 is 0 Å². The van der Waals surface area contributed by atoms with Gasteiger partial charge in [0.1, 0.15) is 5.78 Å². The first kappa shape index (κ1) is 12.2. The smallest absolute Gasteiger partial charge is 0.275 e. The molecule has 1 atom stereocenters. The molecule has 0 aromatic heterocycles. The molecule has 1 aliphatic heterocycles. The van der Waals surface area contributed by atoms with Gasteiger partial charge in [0.25, 0.3) is 5.69 Å². The van der Waals surface area contributed by atoms with Gasteiger partial charge in [-0.3, -0.25) is 19.7 Å². The summed E-state index contributed by atoms with van der Waals surface area (Å²) in [7, 11) is 0. The molecule has 0 fully saturated rings. The molecule has 1 heterocycles. The van der Waals surface area contributed by atoms with E-state index in [9.17, 15) is 19.7 Å². The molecular formula is C12H12N2O4. The molecule has 2 rings (SSSR count). The van der Waals surface area contributed by atoms with Crippen molar-refractivity contribution >= 4 is 23.1 Å². The topological polar surface area (TPSA) is 89.3 Å². The summed E-state index contributed by atoms with van der Waals surface area (Å²) in [5.74, 6) is -1.17. The Labute approximate surface area is 103 Å². The van der Waals surface area contributed by atoms with Crippen LogP contribution in [0.5, 0.6) is 0 Å². The number of benzene rings is 1. The minimum atomic E-state index is -0.742. The maximum Gasteiger partial charge on any atom is 0.275 e. The lowest BCUT2D eigenvalue weighted by Crippen LogP contribution is -2.16. The molecule has 1 amide bonds. The SMILES string of the molecule is CCC(=O)CC1C(=O)Nc2cccc([N+](=O)[O-])c21. The predicted octanol–water partition coefficient (Wildman–Crippen LogP) is 2.00. The molecule has 0 bridgehead atoms. The number of hydrogen-bond donors (Lipinski definition) is 1. The maximum absolute atomic E-state index is 11.8. The lowest BCUT2D eigenvalue weighted by molar-refractivity contribution is -0.385. The highest BCUT2D eigenvalue weighted by Crippen LogP contribution is 2.40. The number of amides is 1. The Morgan fingerprint density at radius 1 is 1.50 bits per heavy atom. The Hall–Kier alpha value is -2.24. The number of nitro groups is 1.